The maximum Gasteiger partial charge on any atom is 0.414 e. The summed E-state index contributed by atoms with van der Waals surface area (Å²) in [5.41, 5.74) is 2.84. The first-order chi connectivity index (χ1) is 20.3. The summed E-state index contributed by atoms with van der Waals surface area (Å²) in [4.78, 5) is 40.9. The number of aliphatic hydroxyl groups is 1. The number of anilines is 1. The first-order valence-corrected chi connectivity index (χ1v) is 15.8. The van der Waals surface area contributed by atoms with E-state index in [4.69, 9.17) is 21.1 Å². The number of cyclic esters (lactones) is 1. The molecule has 1 N–H and O–H groups in total. The number of methoxy groups -OCH3 is 1. The maximum atomic E-state index is 13.5. The second-order valence-corrected chi connectivity index (χ2v) is 12.9. The van der Waals surface area contributed by atoms with Gasteiger partial charge in [-0.25, -0.2) is 4.79 Å². The Labute approximate surface area is 254 Å². The average molecular weight is 613 g/mol. The van der Waals surface area contributed by atoms with Crippen LogP contribution in [0.2, 0.25) is 4.34 Å². The summed E-state index contributed by atoms with van der Waals surface area (Å²) >= 11 is 7.19. The van der Waals surface area contributed by atoms with Gasteiger partial charge < -0.3 is 14.6 Å². The van der Waals surface area contributed by atoms with Crippen molar-refractivity contribution in [2.24, 2.45) is 5.92 Å². The zero-order valence-corrected chi connectivity index (χ0v) is 25.4. The van der Waals surface area contributed by atoms with Crippen molar-refractivity contribution in [2.45, 2.75) is 76.6 Å². The number of hydrogen-bond acceptors (Lipinski definition) is 7. The molecule has 5 rings (SSSR count). The Hall–Kier alpha value is -2.98. The van der Waals surface area contributed by atoms with E-state index in [-0.39, 0.29) is 30.5 Å². The maximum absolute atomic E-state index is 13.5. The number of rotatable bonds is 12. The molecule has 0 spiro atoms. The first-order valence-electron chi connectivity index (χ1n) is 14.6. The van der Waals surface area contributed by atoms with E-state index >= 15 is 0 Å². The van der Waals surface area contributed by atoms with Crippen LogP contribution in [0.15, 0.2) is 53.5 Å². The number of halogens is 1. The Kier molecular flexibility index (Phi) is 10.2. The van der Waals surface area contributed by atoms with E-state index in [9.17, 15) is 19.5 Å². The van der Waals surface area contributed by atoms with Crippen LogP contribution in [0.3, 0.4) is 0 Å². The number of aromatic nitrogens is 1. The number of pyridine rings is 1. The first kappa shape index (κ1) is 30.5. The predicted molar refractivity (Wildman–Crippen MR) is 164 cm³/mol. The molecule has 2 aliphatic rings. The second-order valence-electron chi connectivity index (χ2n) is 11.2. The number of benzene rings is 1. The molecule has 2 aromatic heterocycles. The van der Waals surface area contributed by atoms with Crippen LogP contribution in [-0.2, 0) is 22.5 Å². The minimum absolute atomic E-state index is 0.0189. The Morgan fingerprint density at radius 2 is 1.90 bits per heavy atom. The van der Waals surface area contributed by atoms with Crippen molar-refractivity contribution in [3.63, 3.8) is 0 Å². The minimum atomic E-state index is -0.464. The number of hydrogen-bond donors (Lipinski definition) is 1. The summed E-state index contributed by atoms with van der Waals surface area (Å²) in [5.74, 6) is 0.604. The zero-order valence-electron chi connectivity index (χ0n) is 23.8. The molecule has 1 aliphatic carbocycles. The normalized spacial score (nSPS) is 20.6. The summed E-state index contributed by atoms with van der Waals surface area (Å²) < 4.78 is 13.2. The number of aryl methyl sites for hydroxylation is 1. The fourth-order valence-corrected chi connectivity index (χ4v) is 6.95. The fourth-order valence-electron chi connectivity index (χ4n) is 5.94. The number of amides is 1. The number of nitrogens with zero attached hydrogens (tertiary/aromatic N) is 2. The molecule has 1 amide bonds. The van der Waals surface area contributed by atoms with Crippen LogP contribution >= 0.6 is 22.9 Å². The molecule has 3 heterocycles. The molecule has 224 valence electrons. The van der Waals surface area contributed by atoms with Gasteiger partial charge in [-0.1, -0.05) is 24.1 Å². The number of Topliss-reactive ketones (excluding diaryl/α,β-unsaturated/α-hetero) is 1. The van der Waals surface area contributed by atoms with Gasteiger partial charge in [-0.3, -0.25) is 19.1 Å². The van der Waals surface area contributed by atoms with Crippen molar-refractivity contribution in [3.05, 3.63) is 79.4 Å². The molecule has 3 aromatic rings. The van der Waals surface area contributed by atoms with Crippen LogP contribution < -0.4 is 10.5 Å². The van der Waals surface area contributed by atoms with Gasteiger partial charge in [0, 0.05) is 36.5 Å². The van der Waals surface area contributed by atoms with Crippen LogP contribution in [0.1, 0.15) is 72.2 Å². The molecule has 0 bridgehead atoms. The lowest BCUT2D eigenvalue weighted by molar-refractivity contribution is 0.0943. The number of thiophene rings is 1. The number of carbonyl (C=O) groups excluding carboxylic acids is 2. The smallest absolute Gasteiger partial charge is 0.414 e. The summed E-state index contributed by atoms with van der Waals surface area (Å²) in [6.07, 6.45) is 8.01. The van der Waals surface area contributed by atoms with Gasteiger partial charge in [0.2, 0.25) is 0 Å². The topological polar surface area (TPSA) is 98.1 Å². The highest BCUT2D eigenvalue weighted by Gasteiger charge is 2.33. The van der Waals surface area contributed by atoms with Crippen molar-refractivity contribution in [1.29, 1.82) is 0 Å². The van der Waals surface area contributed by atoms with E-state index < -0.39 is 12.2 Å². The van der Waals surface area contributed by atoms with Crippen LogP contribution in [-0.4, -0.2) is 47.4 Å². The van der Waals surface area contributed by atoms with Crippen molar-refractivity contribution in [3.8, 4) is 5.69 Å². The molecule has 8 nitrogen and oxygen atoms in total. The Morgan fingerprint density at radius 3 is 2.64 bits per heavy atom. The van der Waals surface area contributed by atoms with Crippen LogP contribution in [0.25, 0.3) is 5.69 Å². The third-order valence-corrected chi connectivity index (χ3v) is 9.52. The van der Waals surface area contributed by atoms with Crippen molar-refractivity contribution in [1.82, 2.24) is 4.57 Å². The fraction of sp³-hybridized carbons (Fsp3) is 0.469. The second kappa shape index (κ2) is 14.0. The number of carbonyl (C=O) groups is 2. The van der Waals surface area contributed by atoms with Crippen LogP contribution in [0.5, 0.6) is 0 Å². The van der Waals surface area contributed by atoms with E-state index in [0.717, 1.165) is 49.7 Å². The minimum Gasteiger partial charge on any atom is -0.444 e. The van der Waals surface area contributed by atoms with Gasteiger partial charge in [-0.05, 0) is 87.3 Å². The molecule has 10 heteroatoms. The van der Waals surface area contributed by atoms with Gasteiger partial charge in [0.15, 0.2) is 5.78 Å². The van der Waals surface area contributed by atoms with E-state index in [0.29, 0.717) is 45.9 Å². The number of ether oxygens (including phenoxy) is 2. The molecule has 1 saturated carbocycles. The van der Waals surface area contributed by atoms with Crippen LogP contribution in [0, 0.1) is 5.92 Å². The monoisotopic (exact) mass is 612 g/mol. The lowest BCUT2D eigenvalue weighted by atomic mass is 9.84. The molecule has 1 saturated heterocycles. The highest BCUT2D eigenvalue weighted by atomic mass is 35.5. The predicted octanol–water partition coefficient (Wildman–Crippen LogP) is 6.56. The molecule has 1 aromatic carbocycles. The molecule has 1 atom stereocenters. The third kappa shape index (κ3) is 7.32. The van der Waals surface area contributed by atoms with Gasteiger partial charge >= 0.3 is 6.09 Å². The van der Waals surface area contributed by atoms with Crippen LogP contribution in [0.4, 0.5) is 10.5 Å². The van der Waals surface area contributed by atoms with E-state index in [2.05, 4.69) is 0 Å². The molecular formula is C32H37ClN2O6S. The lowest BCUT2D eigenvalue weighted by Gasteiger charge is -2.25. The van der Waals surface area contributed by atoms with E-state index in [1.165, 1.54) is 11.3 Å². The van der Waals surface area contributed by atoms with Gasteiger partial charge in [-0.2, -0.15) is 0 Å². The standard InChI is InChI=1S/C32H37ClN2O6S/c1-40-20-23-18-24(35-19-26(41-32(35)39)12-14-28(37)29-15-16-30(33)42-29)9-13-27(23)34-17-3-6-22(31(34)38)5-2-4-21-7-10-25(36)11-8-21/h3,6,9,13,15-18,21,25-26,36H,2,4-5,7-8,10-12,14,19-20H2,1H3/t21?,25?,26-/m0/s1. The Morgan fingerprint density at radius 1 is 1.10 bits per heavy atom. The zero-order chi connectivity index (χ0) is 29.6. The van der Waals surface area contributed by atoms with Gasteiger partial charge in [0.1, 0.15) is 6.10 Å². The van der Waals surface area contributed by atoms with Gasteiger partial charge in [0.25, 0.3) is 5.56 Å². The van der Waals surface area contributed by atoms with Gasteiger partial charge in [-0.15, -0.1) is 11.3 Å². The number of aliphatic hydroxyl groups excluding tert-OH is 1. The third-order valence-electron chi connectivity index (χ3n) is 8.25. The summed E-state index contributed by atoms with van der Waals surface area (Å²) in [7, 11) is 1.60. The summed E-state index contributed by atoms with van der Waals surface area (Å²) in [5, 5.41) is 9.75. The van der Waals surface area contributed by atoms with Crippen molar-refractivity contribution >= 4 is 40.5 Å². The quantitative estimate of drug-likeness (QED) is 0.233. The lowest BCUT2D eigenvalue weighted by Crippen LogP contribution is -2.26. The molecule has 0 radical (unpaired) electrons. The molecule has 2 fully saturated rings. The van der Waals surface area contributed by atoms with Crippen molar-refractivity contribution < 1.29 is 24.2 Å². The number of ketones is 1. The Bertz CT molecular complexity index is 1460. The highest BCUT2D eigenvalue weighted by molar-refractivity contribution is 7.18. The molecule has 1 aliphatic heterocycles. The largest absolute Gasteiger partial charge is 0.444 e. The van der Waals surface area contributed by atoms with E-state index in [1.54, 1.807) is 34.9 Å². The van der Waals surface area contributed by atoms with Crippen molar-refractivity contribution in [2.75, 3.05) is 18.6 Å². The summed E-state index contributed by atoms with van der Waals surface area (Å²) in [6.45, 7) is 0.593. The Balaban J connectivity index is 1.25. The van der Waals surface area contributed by atoms with E-state index in [1.807, 2.05) is 30.3 Å². The van der Waals surface area contributed by atoms with Gasteiger partial charge in [0.05, 0.1) is 34.2 Å². The molecule has 0 unspecified atom stereocenters. The SMILES string of the molecule is COCc1cc(N2C[C@H](CCC(=O)c3ccc(Cl)s3)OC2=O)ccc1-n1cccc(CCCC2CCC(O)CC2)c1=O. The highest BCUT2D eigenvalue weighted by Crippen LogP contribution is 2.30. The average Bonchev–Trinajstić information content (AvgIpc) is 3.59. The summed E-state index contributed by atoms with van der Waals surface area (Å²) in [6, 6.07) is 12.7. The molecule has 42 heavy (non-hydrogen) atoms. The molecular weight excluding hydrogens is 576 g/mol.